The van der Waals surface area contributed by atoms with E-state index in [1.165, 1.54) is 64.2 Å². The Kier molecular flexibility index (Phi) is 16.3. The first-order valence-corrected chi connectivity index (χ1v) is 11.5. The van der Waals surface area contributed by atoms with Crippen LogP contribution in [-0.4, -0.2) is 0 Å². The summed E-state index contributed by atoms with van der Waals surface area (Å²) in [5.74, 6) is 6.86. The van der Waals surface area contributed by atoms with Gasteiger partial charge in [-0.25, -0.2) is 0 Å². The first-order chi connectivity index (χ1) is 11.5. The van der Waals surface area contributed by atoms with Gasteiger partial charge in [0, 0.05) is 0 Å². The van der Waals surface area contributed by atoms with Crippen molar-refractivity contribution in [1.29, 1.82) is 0 Å². The van der Waals surface area contributed by atoms with Gasteiger partial charge in [0.15, 0.2) is 0 Å². The molecule has 2 rings (SSSR count). The molecule has 0 aliphatic heterocycles. The van der Waals surface area contributed by atoms with Crippen molar-refractivity contribution in [3.63, 3.8) is 0 Å². The molecule has 0 heteroatoms. The maximum atomic E-state index is 2.57. The highest BCUT2D eigenvalue weighted by Crippen LogP contribution is 2.47. The van der Waals surface area contributed by atoms with E-state index in [9.17, 15) is 0 Å². The van der Waals surface area contributed by atoms with Gasteiger partial charge in [-0.1, -0.05) is 108 Å². The molecule has 6 atom stereocenters. The first-order valence-electron chi connectivity index (χ1n) is 11.5. The molecule has 0 nitrogen and oxygen atoms in total. The van der Waals surface area contributed by atoms with E-state index >= 15 is 0 Å². The van der Waals surface area contributed by atoms with Crippen molar-refractivity contribution in [3.05, 3.63) is 0 Å². The molecule has 2 aliphatic rings. The summed E-state index contributed by atoms with van der Waals surface area (Å²) in [6.07, 6.45) is 15.0. The molecule has 0 radical (unpaired) electrons. The molecule has 2 aliphatic carbocycles. The predicted molar refractivity (Wildman–Crippen MR) is 124 cm³/mol. The third-order valence-corrected chi connectivity index (χ3v) is 7.55. The first kappa shape index (κ1) is 28.2. The van der Waals surface area contributed by atoms with E-state index in [-0.39, 0.29) is 14.9 Å². The second-order valence-corrected chi connectivity index (χ2v) is 9.16. The van der Waals surface area contributed by atoms with Gasteiger partial charge in [-0.05, 0) is 60.7 Å². The lowest BCUT2D eigenvalue weighted by atomic mass is 9.60. The Morgan fingerprint density at radius 3 is 1.92 bits per heavy atom. The maximum absolute atomic E-state index is 2.57. The van der Waals surface area contributed by atoms with Gasteiger partial charge in [0.1, 0.15) is 0 Å². The van der Waals surface area contributed by atoms with Crippen LogP contribution in [0.2, 0.25) is 0 Å². The number of hydrogen-bond acceptors (Lipinski definition) is 0. The minimum absolute atomic E-state index is 0. The molecule has 2 fully saturated rings. The smallest absolute Gasteiger partial charge is 0.0352 e. The molecule has 0 N–H and O–H groups in total. The van der Waals surface area contributed by atoms with Gasteiger partial charge in [-0.3, -0.25) is 0 Å². The zero-order valence-electron chi connectivity index (χ0n) is 18.1. The highest BCUT2D eigenvalue weighted by molar-refractivity contribution is 4.88. The lowest BCUT2D eigenvalue weighted by Crippen LogP contribution is -2.36. The summed E-state index contributed by atoms with van der Waals surface area (Å²) in [7, 11) is 0. The van der Waals surface area contributed by atoms with Crippen molar-refractivity contribution in [1.82, 2.24) is 0 Å². The number of fused-ring (bicyclic) bond motifs is 1. The van der Waals surface area contributed by atoms with Gasteiger partial charge in [-0.2, -0.15) is 0 Å². The standard InChI is InChI=1S/C22H42.C2H6.2CH4/c1-6-19-11-7-8-12-20(18(5)16(2)3)22-13-9-10-17(4)14-15-21(19)22;1-2;;/h16-22H,6-15H2,1-5H3;1-2H3;2*1H4. The van der Waals surface area contributed by atoms with Crippen LogP contribution in [0.25, 0.3) is 0 Å². The van der Waals surface area contributed by atoms with Crippen molar-refractivity contribution in [3.8, 4) is 0 Å². The SMILES string of the molecule is C.C.CC.CCC1CCCCC(C(C)C(C)C)C2CCCC(C)CCC12. The molecule has 0 spiro atoms. The minimum atomic E-state index is 0. The molecular formula is C26H56. The minimum Gasteiger partial charge on any atom is -0.0776 e. The van der Waals surface area contributed by atoms with Crippen molar-refractivity contribution in [2.24, 2.45) is 41.4 Å². The van der Waals surface area contributed by atoms with Gasteiger partial charge in [0.2, 0.25) is 0 Å². The quantitative estimate of drug-likeness (QED) is 0.465. The zero-order valence-corrected chi connectivity index (χ0v) is 18.1. The van der Waals surface area contributed by atoms with Crippen LogP contribution in [0, 0.1) is 41.4 Å². The predicted octanol–water partition coefficient (Wildman–Crippen LogP) is 9.63. The molecule has 0 saturated heterocycles. The Labute approximate surface area is 169 Å². The third-order valence-electron chi connectivity index (χ3n) is 7.55. The van der Waals surface area contributed by atoms with Crippen LogP contribution >= 0.6 is 0 Å². The second-order valence-electron chi connectivity index (χ2n) is 9.16. The molecule has 26 heavy (non-hydrogen) atoms. The Morgan fingerprint density at radius 1 is 0.731 bits per heavy atom. The van der Waals surface area contributed by atoms with E-state index in [1.807, 2.05) is 13.8 Å². The third kappa shape index (κ3) is 7.93. The molecule has 0 amide bonds. The van der Waals surface area contributed by atoms with E-state index in [2.05, 4.69) is 34.6 Å². The van der Waals surface area contributed by atoms with E-state index in [4.69, 9.17) is 0 Å². The summed E-state index contributed by atoms with van der Waals surface area (Å²) in [5.41, 5.74) is 0. The highest BCUT2D eigenvalue weighted by Gasteiger charge is 2.38. The summed E-state index contributed by atoms with van der Waals surface area (Å²) in [6, 6.07) is 0. The molecule has 0 heterocycles. The van der Waals surface area contributed by atoms with Crippen molar-refractivity contribution < 1.29 is 0 Å². The average Bonchev–Trinajstić information content (AvgIpc) is 2.56. The fourth-order valence-electron chi connectivity index (χ4n) is 5.74. The van der Waals surface area contributed by atoms with Crippen LogP contribution in [0.3, 0.4) is 0 Å². The Bertz CT molecular complexity index is 305. The van der Waals surface area contributed by atoms with Crippen molar-refractivity contribution >= 4 is 0 Å². The molecular weight excluding hydrogens is 312 g/mol. The molecule has 2 saturated carbocycles. The molecule has 0 bridgehead atoms. The summed E-state index contributed by atoms with van der Waals surface area (Å²) in [6.45, 7) is 16.4. The normalized spacial score (nSPS) is 33.5. The number of rotatable bonds is 3. The van der Waals surface area contributed by atoms with Crippen LogP contribution in [0.1, 0.15) is 128 Å². The van der Waals surface area contributed by atoms with Crippen molar-refractivity contribution in [2.75, 3.05) is 0 Å². The topological polar surface area (TPSA) is 0 Å². The summed E-state index contributed by atoms with van der Waals surface area (Å²) < 4.78 is 0. The zero-order chi connectivity index (χ0) is 18.1. The second kappa shape index (κ2) is 15.0. The van der Waals surface area contributed by atoms with E-state index < -0.39 is 0 Å². The Balaban J connectivity index is 0. The fraction of sp³-hybridized carbons (Fsp3) is 1.00. The van der Waals surface area contributed by atoms with Gasteiger partial charge in [0.05, 0.1) is 0 Å². The van der Waals surface area contributed by atoms with Gasteiger partial charge in [-0.15, -0.1) is 0 Å². The molecule has 6 unspecified atom stereocenters. The largest absolute Gasteiger partial charge is 0.0776 e. The summed E-state index contributed by atoms with van der Waals surface area (Å²) >= 11 is 0. The van der Waals surface area contributed by atoms with Gasteiger partial charge >= 0.3 is 0 Å². The highest BCUT2D eigenvalue weighted by atomic mass is 14.4. The fourth-order valence-corrected chi connectivity index (χ4v) is 5.74. The Morgan fingerprint density at radius 2 is 1.35 bits per heavy atom. The molecule has 0 aromatic carbocycles. The summed E-state index contributed by atoms with van der Waals surface area (Å²) in [4.78, 5) is 0. The van der Waals surface area contributed by atoms with E-state index in [0.717, 1.165) is 41.4 Å². The lowest BCUT2D eigenvalue weighted by molar-refractivity contribution is 0.0485. The van der Waals surface area contributed by atoms with Crippen LogP contribution in [0.4, 0.5) is 0 Å². The maximum Gasteiger partial charge on any atom is -0.0352 e. The van der Waals surface area contributed by atoms with Crippen LogP contribution in [-0.2, 0) is 0 Å². The summed E-state index contributed by atoms with van der Waals surface area (Å²) in [5, 5.41) is 0. The lowest BCUT2D eigenvalue weighted by Gasteiger charge is -2.45. The van der Waals surface area contributed by atoms with Crippen LogP contribution < -0.4 is 0 Å². The molecule has 0 aromatic heterocycles. The monoisotopic (exact) mass is 368 g/mol. The van der Waals surface area contributed by atoms with Crippen molar-refractivity contribution in [2.45, 2.75) is 128 Å². The number of hydrogen-bond donors (Lipinski definition) is 0. The van der Waals surface area contributed by atoms with Crippen LogP contribution in [0.5, 0.6) is 0 Å². The Hall–Kier alpha value is 0. The molecule has 160 valence electrons. The van der Waals surface area contributed by atoms with Gasteiger partial charge < -0.3 is 0 Å². The average molecular weight is 369 g/mol. The van der Waals surface area contributed by atoms with Crippen LogP contribution in [0.15, 0.2) is 0 Å². The molecule has 0 aromatic rings. The van der Waals surface area contributed by atoms with E-state index in [0.29, 0.717) is 0 Å². The van der Waals surface area contributed by atoms with E-state index in [1.54, 1.807) is 0 Å². The van der Waals surface area contributed by atoms with Gasteiger partial charge in [0.25, 0.3) is 0 Å².